The zero-order valence-corrected chi connectivity index (χ0v) is 20.3. The van der Waals surface area contributed by atoms with Crippen molar-refractivity contribution in [2.24, 2.45) is 0 Å². The molecule has 7 rings (SSSR count). The number of benzene rings is 1. The van der Waals surface area contributed by atoms with E-state index in [9.17, 15) is 5.11 Å². The second-order valence-electron chi connectivity index (χ2n) is 10.5. The van der Waals surface area contributed by atoms with Gasteiger partial charge in [-0.05, 0) is 61.9 Å². The molecule has 0 radical (unpaired) electrons. The first-order valence-corrected chi connectivity index (χ1v) is 12.9. The van der Waals surface area contributed by atoms with Gasteiger partial charge in [-0.15, -0.1) is 0 Å². The van der Waals surface area contributed by atoms with Crippen LogP contribution < -0.4 is 5.32 Å². The number of fused-ring (bicyclic) bond motifs is 3. The Balaban J connectivity index is 1.12. The summed E-state index contributed by atoms with van der Waals surface area (Å²) in [6.07, 6.45) is 8.29. The number of aryl methyl sites for hydroxylation is 1. The van der Waals surface area contributed by atoms with E-state index in [0.29, 0.717) is 0 Å². The highest BCUT2D eigenvalue weighted by Crippen LogP contribution is 2.46. The van der Waals surface area contributed by atoms with E-state index in [1.165, 1.54) is 5.69 Å². The molecule has 3 N–H and O–H groups in total. The second-order valence-corrected chi connectivity index (χ2v) is 10.9. The molecule has 8 heteroatoms. The van der Waals surface area contributed by atoms with Crippen LogP contribution in [0.4, 0.5) is 0 Å². The Morgan fingerprint density at radius 2 is 1.94 bits per heavy atom. The molecule has 2 aliphatic heterocycles. The fourth-order valence-electron chi connectivity index (χ4n) is 6.42. The summed E-state index contributed by atoms with van der Waals surface area (Å²) >= 11 is 6.55. The van der Waals surface area contributed by atoms with Crippen LogP contribution in [0, 0.1) is 0 Å². The van der Waals surface area contributed by atoms with E-state index in [4.69, 9.17) is 16.7 Å². The highest BCUT2D eigenvalue weighted by atomic mass is 35.5. The van der Waals surface area contributed by atoms with Crippen molar-refractivity contribution < 1.29 is 5.11 Å². The first-order chi connectivity index (χ1) is 17.1. The summed E-state index contributed by atoms with van der Waals surface area (Å²) in [6, 6.07) is 14.4. The second kappa shape index (κ2) is 7.90. The van der Waals surface area contributed by atoms with Crippen molar-refractivity contribution in [1.29, 1.82) is 0 Å². The molecule has 3 aliphatic rings. The van der Waals surface area contributed by atoms with Crippen molar-refractivity contribution in [2.75, 3.05) is 13.1 Å². The van der Waals surface area contributed by atoms with Crippen LogP contribution in [0.25, 0.3) is 22.3 Å². The summed E-state index contributed by atoms with van der Waals surface area (Å²) in [5.74, 6) is 0. The Hall–Kier alpha value is -2.71. The van der Waals surface area contributed by atoms with Crippen molar-refractivity contribution in [3.05, 3.63) is 71.1 Å². The van der Waals surface area contributed by atoms with E-state index in [2.05, 4.69) is 43.1 Å². The summed E-state index contributed by atoms with van der Waals surface area (Å²) in [5.41, 5.74) is 5.05. The summed E-state index contributed by atoms with van der Waals surface area (Å²) in [4.78, 5) is 9.88. The number of aromatic nitrogens is 4. The number of nitrogens with zero attached hydrogens (tertiary/aromatic N) is 4. The van der Waals surface area contributed by atoms with Crippen LogP contribution in [0.3, 0.4) is 0 Å². The molecule has 4 aromatic rings. The molecule has 0 amide bonds. The van der Waals surface area contributed by atoms with E-state index < -0.39 is 6.35 Å². The Labute approximate surface area is 209 Å². The van der Waals surface area contributed by atoms with Gasteiger partial charge in [0.25, 0.3) is 0 Å². The van der Waals surface area contributed by atoms with Crippen LogP contribution in [0.5, 0.6) is 0 Å². The minimum atomic E-state index is -0.706. The van der Waals surface area contributed by atoms with Gasteiger partial charge in [-0.2, -0.15) is 5.10 Å². The number of halogens is 1. The van der Waals surface area contributed by atoms with Gasteiger partial charge in [-0.25, -0.2) is 4.98 Å². The molecular weight excluding hydrogens is 460 g/mol. The standard InChI is InChI=1S/C27H29ClN6O/c28-21-5-2-1-4-20(21)27(7-3-8-27)31-25(35)33-12-9-26(17-33)10-13-34-23(26)15-22(32-34)19-14-18-6-11-29-24(18)30-16-19/h1-2,4-6,11,14-16,25,31,35H,3,7-10,12-13,17H2,(H,29,30). The van der Waals surface area contributed by atoms with Crippen molar-refractivity contribution in [3.63, 3.8) is 0 Å². The Kier molecular flexibility index (Phi) is 4.87. The number of hydrogen-bond donors (Lipinski definition) is 3. The number of likely N-dealkylation sites (tertiary alicyclic amines) is 1. The lowest BCUT2D eigenvalue weighted by atomic mass is 9.72. The number of aliphatic hydroxyl groups excluding tert-OH is 1. The maximum atomic E-state index is 11.3. The number of H-pyrrole nitrogens is 1. The van der Waals surface area contributed by atoms with Gasteiger partial charge in [0.15, 0.2) is 6.35 Å². The van der Waals surface area contributed by atoms with Gasteiger partial charge in [0.2, 0.25) is 0 Å². The molecule has 5 heterocycles. The molecular formula is C27H29ClN6O. The molecule has 1 aliphatic carbocycles. The molecule has 1 spiro atoms. The van der Waals surface area contributed by atoms with Crippen molar-refractivity contribution >= 4 is 22.6 Å². The molecule has 35 heavy (non-hydrogen) atoms. The van der Waals surface area contributed by atoms with Crippen LogP contribution in [-0.2, 0) is 17.5 Å². The molecule has 180 valence electrons. The zero-order chi connectivity index (χ0) is 23.6. The van der Waals surface area contributed by atoms with Crippen LogP contribution in [0.2, 0.25) is 5.02 Å². The molecule has 0 bridgehead atoms. The van der Waals surface area contributed by atoms with Gasteiger partial charge < -0.3 is 10.1 Å². The SMILES string of the molecule is OC(NC1(c2ccccc2Cl)CCC1)N1CCC2(CCn3nc(-c4cnc5[nH]ccc5c4)cc32)C1. The van der Waals surface area contributed by atoms with Crippen LogP contribution in [0.1, 0.15) is 43.4 Å². The molecule has 1 saturated heterocycles. The predicted octanol–water partition coefficient (Wildman–Crippen LogP) is 4.37. The Bertz CT molecular complexity index is 1410. The average Bonchev–Trinajstić information content (AvgIpc) is 3.62. The van der Waals surface area contributed by atoms with Gasteiger partial charge in [0, 0.05) is 64.6 Å². The minimum Gasteiger partial charge on any atom is -0.365 e. The number of nitrogens with one attached hydrogen (secondary N) is 2. The number of aromatic amines is 1. The fourth-order valence-corrected chi connectivity index (χ4v) is 6.74. The molecule has 2 fully saturated rings. The predicted molar refractivity (Wildman–Crippen MR) is 136 cm³/mol. The number of aliphatic hydroxyl groups is 1. The number of hydrogen-bond acceptors (Lipinski definition) is 5. The maximum Gasteiger partial charge on any atom is 0.163 e. The highest BCUT2D eigenvalue weighted by molar-refractivity contribution is 6.31. The zero-order valence-electron chi connectivity index (χ0n) is 19.5. The lowest BCUT2D eigenvalue weighted by Crippen LogP contribution is -2.58. The quantitative estimate of drug-likeness (QED) is 0.363. The molecule has 2 atom stereocenters. The fraction of sp³-hybridized carbons (Fsp3) is 0.407. The summed E-state index contributed by atoms with van der Waals surface area (Å²) < 4.78 is 2.16. The van der Waals surface area contributed by atoms with Gasteiger partial charge >= 0.3 is 0 Å². The lowest BCUT2D eigenvalue weighted by Gasteiger charge is -2.46. The van der Waals surface area contributed by atoms with Crippen molar-refractivity contribution in [3.8, 4) is 11.3 Å². The third-order valence-electron chi connectivity index (χ3n) is 8.55. The van der Waals surface area contributed by atoms with Gasteiger partial charge in [0.05, 0.1) is 5.69 Å². The highest BCUT2D eigenvalue weighted by Gasteiger charge is 2.49. The van der Waals surface area contributed by atoms with Crippen LogP contribution >= 0.6 is 11.6 Å². The summed E-state index contributed by atoms with van der Waals surface area (Å²) in [5, 5.41) is 21.7. The minimum absolute atomic E-state index is 0.0245. The molecule has 1 saturated carbocycles. The van der Waals surface area contributed by atoms with Crippen molar-refractivity contribution in [2.45, 2.75) is 56.0 Å². The first-order valence-electron chi connectivity index (χ1n) is 12.5. The smallest absolute Gasteiger partial charge is 0.163 e. The number of rotatable bonds is 5. The monoisotopic (exact) mass is 488 g/mol. The lowest BCUT2D eigenvalue weighted by molar-refractivity contribution is -0.0521. The largest absolute Gasteiger partial charge is 0.365 e. The van der Waals surface area contributed by atoms with Gasteiger partial charge in [0.1, 0.15) is 5.65 Å². The Morgan fingerprint density at radius 1 is 1.09 bits per heavy atom. The van der Waals surface area contributed by atoms with E-state index in [1.807, 2.05) is 36.7 Å². The average molecular weight is 489 g/mol. The summed E-state index contributed by atoms with van der Waals surface area (Å²) in [6.45, 7) is 2.58. The molecule has 3 aromatic heterocycles. The van der Waals surface area contributed by atoms with E-state index in [1.54, 1.807) is 0 Å². The van der Waals surface area contributed by atoms with E-state index in [-0.39, 0.29) is 11.0 Å². The number of pyridine rings is 1. The Morgan fingerprint density at radius 3 is 2.77 bits per heavy atom. The third kappa shape index (κ3) is 3.37. The topological polar surface area (TPSA) is 82.0 Å². The van der Waals surface area contributed by atoms with E-state index >= 15 is 0 Å². The molecule has 1 aromatic carbocycles. The molecule has 7 nitrogen and oxygen atoms in total. The molecule has 2 unspecified atom stereocenters. The normalized spacial score (nSPS) is 24.2. The third-order valence-corrected chi connectivity index (χ3v) is 8.88. The van der Waals surface area contributed by atoms with Crippen LogP contribution in [-0.4, -0.2) is 49.2 Å². The van der Waals surface area contributed by atoms with Gasteiger partial charge in [-0.1, -0.05) is 29.8 Å². The van der Waals surface area contributed by atoms with Crippen LogP contribution in [0.15, 0.2) is 54.9 Å². The van der Waals surface area contributed by atoms with E-state index in [0.717, 1.165) is 84.6 Å². The maximum absolute atomic E-state index is 11.3. The van der Waals surface area contributed by atoms with Crippen molar-refractivity contribution in [1.82, 2.24) is 30.0 Å². The van der Waals surface area contributed by atoms with Gasteiger partial charge in [-0.3, -0.25) is 14.9 Å². The summed E-state index contributed by atoms with van der Waals surface area (Å²) in [7, 11) is 0. The first kappa shape index (κ1) is 21.6.